The van der Waals surface area contributed by atoms with Gasteiger partial charge in [0.05, 0.1) is 18.1 Å². The maximum atomic E-state index is 13.0. The van der Waals surface area contributed by atoms with Gasteiger partial charge in [0.15, 0.2) is 10.8 Å². The van der Waals surface area contributed by atoms with Crippen molar-refractivity contribution < 1.29 is 4.79 Å². The quantitative estimate of drug-likeness (QED) is 0.261. The number of amides is 1. The van der Waals surface area contributed by atoms with Crippen LogP contribution in [-0.2, 0) is 11.3 Å². The Hall–Kier alpha value is -3.39. The standard InChI is InChI=1S/C28H32N6OS/c1-36-28-31-26(33-16-9-4-10-17-33)24-20-30-34(27(24)32-28)18-15-29-25(35)19-23(21-11-5-2-6-12-21)22-13-7-3-8-14-22/h2-3,5-8,11-14,20,23H,4,9-10,15-19H2,1H3,(H,29,35). The highest BCUT2D eigenvalue weighted by atomic mass is 32.2. The zero-order chi connectivity index (χ0) is 24.7. The molecule has 0 aliphatic carbocycles. The first-order valence-corrected chi connectivity index (χ1v) is 13.8. The van der Waals surface area contributed by atoms with Crippen LogP contribution in [0.15, 0.2) is 72.0 Å². The SMILES string of the molecule is CSc1nc(N2CCCCC2)c2cnn(CCNC(=O)CC(c3ccccc3)c3ccccc3)c2n1. The van der Waals surface area contributed by atoms with Gasteiger partial charge in [0, 0.05) is 32.0 Å². The Morgan fingerprint density at radius 2 is 1.64 bits per heavy atom. The monoisotopic (exact) mass is 500 g/mol. The third kappa shape index (κ3) is 5.54. The first-order chi connectivity index (χ1) is 17.7. The van der Waals surface area contributed by atoms with Gasteiger partial charge in [0.2, 0.25) is 5.91 Å². The van der Waals surface area contributed by atoms with E-state index in [1.165, 1.54) is 19.3 Å². The van der Waals surface area contributed by atoms with Crippen LogP contribution in [0.1, 0.15) is 42.7 Å². The molecule has 1 saturated heterocycles. The molecule has 0 unspecified atom stereocenters. The van der Waals surface area contributed by atoms with E-state index in [0.29, 0.717) is 19.5 Å². The van der Waals surface area contributed by atoms with Crippen molar-refractivity contribution in [2.24, 2.45) is 0 Å². The zero-order valence-corrected chi connectivity index (χ0v) is 21.5. The Balaban J connectivity index is 1.27. The number of hydrogen-bond donors (Lipinski definition) is 1. The average molecular weight is 501 g/mol. The fraction of sp³-hybridized carbons (Fsp3) is 0.357. The van der Waals surface area contributed by atoms with Crippen molar-refractivity contribution in [3.05, 3.63) is 78.0 Å². The topological polar surface area (TPSA) is 75.9 Å². The highest BCUT2D eigenvalue weighted by molar-refractivity contribution is 7.98. The zero-order valence-electron chi connectivity index (χ0n) is 20.6. The molecule has 186 valence electrons. The molecule has 4 aromatic rings. The molecule has 2 aromatic heterocycles. The minimum absolute atomic E-state index is 0.0157. The Morgan fingerprint density at radius 3 is 2.28 bits per heavy atom. The lowest BCUT2D eigenvalue weighted by molar-refractivity contribution is -0.121. The molecular formula is C28H32N6OS. The summed E-state index contributed by atoms with van der Waals surface area (Å²) in [5, 5.41) is 9.44. The molecule has 1 fully saturated rings. The minimum Gasteiger partial charge on any atom is -0.356 e. The molecule has 0 spiro atoms. The number of nitrogens with one attached hydrogen (secondary N) is 1. The molecule has 1 aliphatic heterocycles. The van der Waals surface area contributed by atoms with Gasteiger partial charge in [-0.2, -0.15) is 5.10 Å². The fourth-order valence-corrected chi connectivity index (χ4v) is 5.24. The number of thioether (sulfide) groups is 1. The van der Waals surface area contributed by atoms with Gasteiger partial charge < -0.3 is 10.2 Å². The van der Waals surface area contributed by atoms with Gasteiger partial charge in [-0.1, -0.05) is 72.4 Å². The molecule has 2 aromatic carbocycles. The molecule has 3 heterocycles. The summed E-state index contributed by atoms with van der Waals surface area (Å²) in [6.07, 6.45) is 7.91. The first kappa shape index (κ1) is 24.3. The van der Waals surface area contributed by atoms with Crippen molar-refractivity contribution in [2.45, 2.75) is 43.3 Å². The van der Waals surface area contributed by atoms with Crippen molar-refractivity contribution in [3.8, 4) is 0 Å². The Morgan fingerprint density at radius 1 is 0.972 bits per heavy atom. The number of carbonyl (C=O) groups excluding carboxylic acids is 1. The van der Waals surface area contributed by atoms with E-state index in [4.69, 9.17) is 9.97 Å². The van der Waals surface area contributed by atoms with Crippen LogP contribution in [0.2, 0.25) is 0 Å². The van der Waals surface area contributed by atoms with Gasteiger partial charge in [-0.25, -0.2) is 14.6 Å². The number of benzene rings is 2. The van der Waals surface area contributed by atoms with Crippen LogP contribution in [-0.4, -0.2) is 51.5 Å². The fourth-order valence-electron chi connectivity index (χ4n) is 4.88. The number of carbonyl (C=O) groups is 1. The van der Waals surface area contributed by atoms with E-state index in [1.807, 2.05) is 53.5 Å². The molecule has 0 bridgehead atoms. The van der Waals surface area contributed by atoms with Gasteiger partial charge in [0.25, 0.3) is 0 Å². The summed E-state index contributed by atoms with van der Waals surface area (Å²) in [7, 11) is 0. The minimum atomic E-state index is 0.0157. The first-order valence-electron chi connectivity index (χ1n) is 12.6. The van der Waals surface area contributed by atoms with Crippen molar-refractivity contribution in [3.63, 3.8) is 0 Å². The van der Waals surface area contributed by atoms with Crippen LogP contribution in [0.4, 0.5) is 5.82 Å². The summed E-state index contributed by atoms with van der Waals surface area (Å²) >= 11 is 1.55. The van der Waals surface area contributed by atoms with Gasteiger partial charge >= 0.3 is 0 Å². The number of anilines is 1. The van der Waals surface area contributed by atoms with Gasteiger partial charge in [-0.15, -0.1) is 0 Å². The van der Waals surface area contributed by atoms with Crippen molar-refractivity contribution >= 4 is 34.5 Å². The van der Waals surface area contributed by atoms with E-state index in [9.17, 15) is 4.79 Å². The number of nitrogens with zero attached hydrogens (tertiary/aromatic N) is 5. The summed E-state index contributed by atoms with van der Waals surface area (Å²) in [4.78, 5) is 24.9. The number of piperidine rings is 1. The maximum Gasteiger partial charge on any atom is 0.221 e. The van der Waals surface area contributed by atoms with Crippen LogP contribution in [0.25, 0.3) is 11.0 Å². The van der Waals surface area contributed by atoms with Gasteiger partial charge in [0.1, 0.15) is 5.82 Å². The smallest absolute Gasteiger partial charge is 0.221 e. The van der Waals surface area contributed by atoms with E-state index in [1.54, 1.807) is 11.8 Å². The van der Waals surface area contributed by atoms with E-state index in [2.05, 4.69) is 39.6 Å². The largest absolute Gasteiger partial charge is 0.356 e. The summed E-state index contributed by atoms with van der Waals surface area (Å²) in [5.74, 6) is 1.02. The van der Waals surface area contributed by atoms with E-state index < -0.39 is 0 Å². The maximum absolute atomic E-state index is 13.0. The van der Waals surface area contributed by atoms with Crippen molar-refractivity contribution in [2.75, 3.05) is 30.8 Å². The van der Waals surface area contributed by atoms with E-state index >= 15 is 0 Å². The summed E-state index contributed by atoms with van der Waals surface area (Å²) in [6, 6.07) is 20.4. The van der Waals surface area contributed by atoms with Crippen molar-refractivity contribution in [1.29, 1.82) is 0 Å². The molecule has 1 aliphatic rings. The second-order valence-corrected chi connectivity index (χ2v) is 9.89. The third-order valence-corrected chi connectivity index (χ3v) is 7.28. The molecular weight excluding hydrogens is 468 g/mol. The summed E-state index contributed by atoms with van der Waals surface area (Å²) < 4.78 is 1.89. The highest BCUT2D eigenvalue weighted by Crippen LogP contribution is 2.29. The predicted molar refractivity (Wildman–Crippen MR) is 146 cm³/mol. The molecule has 5 rings (SSSR count). The van der Waals surface area contributed by atoms with E-state index in [0.717, 1.165) is 46.2 Å². The molecule has 1 N–H and O–H groups in total. The Kier molecular flexibility index (Phi) is 7.81. The normalized spacial score (nSPS) is 13.9. The van der Waals surface area contributed by atoms with Crippen LogP contribution in [0, 0.1) is 0 Å². The molecule has 0 atom stereocenters. The number of rotatable bonds is 9. The average Bonchev–Trinajstić information content (AvgIpc) is 3.35. The van der Waals surface area contributed by atoms with Crippen molar-refractivity contribution in [1.82, 2.24) is 25.1 Å². The Labute approximate surface area is 216 Å². The number of aromatic nitrogens is 4. The van der Waals surface area contributed by atoms with Gasteiger partial charge in [-0.05, 0) is 36.6 Å². The Bertz CT molecular complexity index is 1250. The molecule has 7 nitrogen and oxygen atoms in total. The van der Waals surface area contributed by atoms with Crippen LogP contribution < -0.4 is 10.2 Å². The highest BCUT2D eigenvalue weighted by Gasteiger charge is 2.21. The second-order valence-electron chi connectivity index (χ2n) is 9.11. The lowest BCUT2D eigenvalue weighted by atomic mass is 9.88. The van der Waals surface area contributed by atoms with E-state index in [-0.39, 0.29) is 11.8 Å². The molecule has 0 radical (unpaired) electrons. The molecule has 8 heteroatoms. The predicted octanol–water partition coefficient (Wildman–Crippen LogP) is 4.88. The molecule has 36 heavy (non-hydrogen) atoms. The number of fused-ring (bicyclic) bond motifs is 1. The van der Waals surface area contributed by atoms with Crippen LogP contribution in [0.3, 0.4) is 0 Å². The van der Waals surface area contributed by atoms with Crippen LogP contribution >= 0.6 is 11.8 Å². The lowest BCUT2D eigenvalue weighted by Gasteiger charge is -2.28. The molecule has 0 saturated carbocycles. The summed E-state index contributed by atoms with van der Waals surface area (Å²) in [5.41, 5.74) is 3.11. The lowest BCUT2D eigenvalue weighted by Crippen LogP contribution is -2.30. The van der Waals surface area contributed by atoms with Crippen LogP contribution in [0.5, 0.6) is 0 Å². The van der Waals surface area contributed by atoms with Gasteiger partial charge in [-0.3, -0.25) is 4.79 Å². The third-order valence-electron chi connectivity index (χ3n) is 6.73. The summed E-state index contributed by atoms with van der Waals surface area (Å²) in [6.45, 7) is 3.08. The molecule has 1 amide bonds. The second kappa shape index (κ2) is 11.6. The number of hydrogen-bond acceptors (Lipinski definition) is 6.